The summed E-state index contributed by atoms with van der Waals surface area (Å²) in [4.78, 5) is 10.6. The van der Waals surface area contributed by atoms with Gasteiger partial charge in [0.1, 0.15) is 6.10 Å². The van der Waals surface area contributed by atoms with Gasteiger partial charge in [0.15, 0.2) is 0 Å². The van der Waals surface area contributed by atoms with E-state index in [-0.39, 0.29) is 12.1 Å². The molecular weight excluding hydrogens is 140 g/mol. The number of hydrogen-bond acceptors (Lipinski definition) is 2. The van der Waals surface area contributed by atoms with Gasteiger partial charge >= 0.3 is 5.97 Å². The Balaban J connectivity index is 1.81. The monoisotopic (exact) mass is 152 g/mol. The molecule has 2 aliphatic rings. The van der Waals surface area contributed by atoms with Crippen LogP contribution in [0.15, 0.2) is 0 Å². The number of hydrogen-bond donors (Lipinski definition) is 0. The fraction of sp³-hybridized carbons (Fsp3) is 0.778. The topological polar surface area (TPSA) is 26.3 Å². The van der Waals surface area contributed by atoms with E-state index in [1.165, 1.54) is 19.8 Å². The van der Waals surface area contributed by atoms with Gasteiger partial charge in [-0.15, -0.1) is 0 Å². The van der Waals surface area contributed by atoms with Crippen LogP contribution in [0.4, 0.5) is 0 Å². The van der Waals surface area contributed by atoms with Gasteiger partial charge in [-0.05, 0) is 31.1 Å². The van der Waals surface area contributed by atoms with Gasteiger partial charge in [0.25, 0.3) is 0 Å². The smallest absolute Gasteiger partial charge is 0.302 e. The van der Waals surface area contributed by atoms with Crippen LogP contribution in [-0.2, 0) is 9.53 Å². The van der Waals surface area contributed by atoms with Crippen molar-refractivity contribution in [3.8, 4) is 0 Å². The number of ether oxygens (including phenoxy) is 1. The lowest BCUT2D eigenvalue weighted by molar-refractivity contribution is -0.145. The average molecular weight is 152 g/mol. The zero-order chi connectivity index (χ0) is 7.84. The van der Waals surface area contributed by atoms with Crippen LogP contribution in [0.5, 0.6) is 0 Å². The molecule has 2 radical (unpaired) electrons. The molecule has 2 nitrogen and oxygen atoms in total. The maximum atomic E-state index is 10.6. The highest BCUT2D eigenvalue weighted by atomic mass is 16.5. The summed E-state index contributed by atoms with van der Waals surface area (Å²) >= 11 is 0. The molecule has 2 saturated carbocycles. The maximum absolute atomic E-state index is 10.6. The first-order valence-electron chi connectivity index (χ1n) is 4.19. The van der Waals surface area contributed by atoms with Crippen LogP contribution in [0, 0.1) is 18.3 Å². The molecule has 2 rings (SSSR count). The summed E-state index contributed by atoms with van der Waals surface area (Å²) in [5.41, 5.74) is 0. The van der Waals surface area contributed by atoms with Crippen LogP contribution in [0.2, 0.25) is 0 Å². The zero-order valence-corrected chi connectivity index (χ0v) is 6.67. The van der Waals surface area contributed by atoms with Crippen LogP contribution in [0.25, 0.3) is 0 Å². The fourth-order valence-corrected chi connectivity index (χ4v) is 1.75. The summed E-state index contributed by atoms with van der Waals surface area (Å²) in [5, 5.41) is 0. The molecule has 2 heteroatoms. The highest BCUT2D eigenvalue weighted by molar-refractivity contribution is 5.66. The van der Waals surface area contributed by atoms with Gasteiger partial charge in [0, 0.05) is 13.3 Å². The Bertz CT molecular complexity index is 176. The van der Waals surface area contributed by atoms with Gasteiger partial charge in [-0.2, -0.15) is 0 Å². The molecule has 0 spiro atoms. The number of fused-ring (bicyclic) bond motifs is 1. The third-order valence-electron chi connectivity index (χ3n) is 2.43. The van der Waals surface area contributed by atoms with Crippen molar-refractivity contribution in [3.05, 3.63) is 6.42 Å². The number of carbonyl (C=O) groups excluding carboxylic acids is 1. The molecule has 0 amide bonds. The molecule has 3 unspecified atom stereocenters. The molecular formula is C9H12O2. The number of carbonyl (C=O) groups is 1. The van der Waals surface area contributed by atoms with Gasteiger partial charge < -0.3 is 4.74 Å². The first-order valence-corrected chi connectivity index (χ1v) is 4.19. The zero-order valence-electron chi connectivity index (χ0n) is 6.67. The van der Waals surface area contributed by atoms with E-state index in [0.29, 0.717) is 5.92 Å². The molecule has 11 heavy (non-hydrogen) atoms. The molecule has 0 bridgehead atoms. The maximum Gasteiger partial charge on any atom is 0.302 e. The third kappa shape index (κ3) is 1.55. The Morgan fingerprint density at radius 1 is 1.55 bits per heavy atom. The van der Waals surface area contributed by atoms with Crippen molar-refractivity contribution >= 4 is 5.97 Å². The molecule has 0 aliphatic heterocycles. The van der Waals surface area contributed by atoms with Crippen molar-refractivity contribution in [1.29, 1.82) is 0 Å². The SMILES string of the molecule is CC(=O)OC1[C]C2CC2CC1. The predicted octanol–water partition coefficient (Wildman–Crippen LogP) is 1.43. The molecule has 0 heterocycles. The Hall–Kier alpha value is -0.530. The molecule has 2 fully saturated rings. The fourth-order valence-electron chi connectivity index (χ4n) is 1.75. The summed E-state index contributed by atoms with van der Waals surface area (Å²) in [6.07, 6.45) is 6.76. The van der Waals surface area contributed by atoms with Crippen molar-refractivity contribution in [2.75, 3.05) is 0 Å². The minimum atomic E-state index is -0.179. The Labute approximate surface area is 66.9 Å². The lowest BCUT2D eigenvalue weighted by Gasteiger charge is -2.19. The quantitative estimate of drug-likeness (QED) is 0.531. The van der Waals surface area contributed by atoms with Gasteiger partial charge in [0.2, 0.25) is 0 Å². The molecule has 2 aliphatic carbocycles. The van der Waals surface area contributed by atoms with Gasteiger partial charge in [0.05, 0.1) is 0 Å². The molecule has 0 N–H and O–H groups in total. The predicted molar refractivity (Wildman–Crippen MR) is 39.6 cm³/mol. The van der Waals surface area contributed by atoms with Gasteiger partial charge in [-0.3, -0.25) is 4.79 Å². The van der Waals surface area contributed by atoms with Crippen molar-refractivity contribution in [3.63, 3.8) is 0 Å². The average Bonchev–Trinajstić information content (AvgIpc) is 2.63. The van der Waals surface area contributed by atoms with Crippen LogP contribution in [0.1, 0.15) is 26.2 Å². The van der Waals surface area contributed by atoms with E-state index < -0.39 is 0 Å². The highest BCUT2D eigenvalue weighted by Crippen LogP contribution is 2.49. The second kappa shape index (κ2) is 2.50. The number of esters is 1. The van der Waals surface area contributed by atoms with Gasteiger partial charge in [-0.1, -0.05) is 0 Å². The normalized spacial score (nSPS) is 41.0. The third-order valence-corrected chi connectivity index (χ3v) is 2.43. The van der Waals surface area contributed by atoms with Crippen LogP contribution >= 0.6 is 0 Å². The van der Waals surface area contributed by atoms with Crippen molar-refractivity contribution in [2.45, 2.75) is 32.3 Å². The summed E-state index contributed by atoms with van der Waals surface area (Å²) in [5.74, 6) is 1.34. The second-order valence-corrected chi connectivity index (χ2v) is 3.44. The number of rotatable bonds is 1. The van der Waals surface area contributed by atoms with E-state index in [1.54, 1.807) is 0 Å². The lowest BCUT2D eigenvalue weighted by atomic mass is 9.98. The summed E-state index contributed by atoms with van der Waals surface area (Å²) in [7, 11) is 0. The molecule has 60 valence electrons. The summed E-state index contributed by atoms with van der Waals surface area (Å²) < 4.78 is 5.04. The van der Waals surface area contributed by atoms with Crippen LogP contribution in [-0.4, -0.2) is 12.1 Å². The minimum Gasteiger partial charge on any atom is -0.462 e. The van der Waals surface area contributed by atoms with E-state index in [1.807, 2.05) is 0 Å². The van der Waals surface area contributed by atoms with E-state index >= 15 is 0 Å². The van der Waals surface area contributed by atoms with E-state index in [9.17, 15) is 4.79 Å². The van der Waals surface area contributed by atoms with Crippen molar-refractivity contribution in [2.24, 2.45) is 11.8 Å². The molecule has 0 saturated heterocycles. The molecule has 3 atom stereocenters. The first-order chi connectivity index (χ1) is 5.25. The largest absolute Gasteiger partial charge is 0.462 e. The van der Waals surface area contributed by atoms with E-state index in [2.05, 4.69) is 6.42 Å². The standard InChI is InChI=1S/C9H12O2/c1-6(10)11-9-3-2-7-4-8(7)5-9/h7-9H,2-4H2,1H3. The minimum absolute atomic E-state index is 0.00347. The Morgan fingerprint density at radius 3 is 3.00 bits per heavy atom. The van der Waals surface area contributed by atoms with Crippen LogP contribution < -0.4 is 0 Å². The molecule has 0 aromatic heterocycles. The van der Waals surface area contributed by atoms with Crippen molar-refractivity contribution < 1.29 is 9.53 Å². The Kier molecular flexibility index (Phi) is 1.63. The Morgan fingerprint density at radius 2 is 2.36 bits per heavy atom. The van der Waals surface area contributed by atoms with Crippen LogP contribution in [0.3, 0.4) is 0 Å². The highest BCUT2D eigenvalue weighted by Gasteiger charge is 2.43. The second-order valence-electron chi connectivity index (χ2n) is 3.44. The lowest BCUT2D eigenvalue weighted by Crippen LogP contribution is -2.21. The summed E-state index contributed by atoms with van der Waals surface area (Å²) in [6, 6.07) is 0. The summed E-state index contributed by atoms with van der Waals surface area (Å²) in [6.45, 7) is 1.46. The molecule has 0 aromatic rings. The van der Waals surface area contributed by atoms with Gasteiger partial charge in [-0.25, -0.2) is 0 Å². The van der Waals surface area contributed by atoms with E-state index in [4.69, 9.17) is 4.74 Å². The molecule has 0 aromatic carbocycles. The van der Waals surface area contributed by atoms with Crippen molar-refractivity contribution in [1.82, 2.24) is 0 Å². The van der Waals surface area contributed by atoms with E-state index in [0.717, 1.165) is 12.3 Å². The first kappa shape index (κ1) is 7.14.